The molecule has 3 rings (SSSR count). The minimum Gasteiger partial charge on any atom is -0.443 e. The second kappa shape index (κ2) is 5.93. The van der Waals surface area contributed by atoms with E-state index in [0.717, 1.165) is 24.0 Å². The molecule has 2 aromatic rings. The molecule has 22 heavy (non-hydrogen) atoms. The zero-order chi connectivity index (χ0) is 15.7. The number of hydrogen-bond acceptors (Lipinski definition) is 4. The van der Waals surface area contributed by atoms with Gasteiger partial charge in [0, 0.05) is 19.2 Å². The van der Waals surface area contributed by atoms with Gasteiger partial charge in [0.1, 0.15) is 0 Å². The van der Waals surface area contributed by atoms with E-state index in [2.05, 4.69) is 4.98 Å². The summed E-state index contributed by atoms with van der Waals surface area (Å²) in [6, 6.07) is 7.75. The Kier molecular flexibility index (Phi) is 3.98. The molecule has 5 heteroatoms. The van der Waals surface area contributed by atoms with Crippen LogP contribution in [-0.2, 0) is 0 Å². The lowest BCUT2D eigenvalue weighted by Gasteiger charge is -2.20. The first kappa shape index (κ1) is 14.8. The number of aromatic nitrogens is 1. The molecule has 1 aliphatic carbocycles. The van der Waals surface area contributed by atoms with Gasteiger partial charge in [-0.05, 0) is 25.7 Å². The molecule has 1 atom stereocenters. The van der Waals surface area contributed by atoms with Crippen molar-refractivity contribution in [2.45, 2.75) is 25.9 Å². The number of hydrogen-bond donors (Lipinski definition) is 1. The van der Waals surface area contributed by atoms with E-state index in [1.54, 1.807) is 7.05 Å². The molecule has 116 valence electrons. The van der Waals surface area contributed by atoms with Gasteiger partial charge in [-0.15, -0.1) is 0 Å². The predicted molar refractivity (Wildman–Crippen MR) is 82.4 cm³/mol. The number of aryl methyl sites for hydroxylation is 1. The third-order valence-electron chi connectivity index (χ3n) is 4.06. The van der Waals surface area contributed by atoms with Crippen LogP contribution in [0.1, 0.15) is 28.9 Å². The summed E-state index contributed by atoms with van der Waals surface area (Å²) in [7, 11) is 1.68. The number of carbonyl (C=O) groups is 1. The molecule has 1 unspecified atom stereocenters. The van der Waals surface area contributed by atoms with Crippen molar-refractivity contribution in [3.8, 4) is 11.3 Å². The molecule has 0 spiro atoms. The third kappa shape index (κ3) is 3.04. The Labute approximate surface area is 129 Å². The smallest absolute Gasteiger partial charge is 0.276 e. The van der Waals surface area contributed by atoms with Crippen molar-refractivity contribution in [2.75, 3.05) is 13.6 Å². The Morgan fingerprint density at radius 1 is 1.41 bits per heavy atom. The number of aliphatic hydroxyl groups excluding tert-OH is 1. The van der Waals surface area contributed by atoms with Crippen LogP contribution in [0.3, 0.4) is 0 Å². The van der Waals surface area contributed by atoms with E-state index in [-0.39, 0.29) is 11.6 Å². The number of carbonyl (C=O) groups excluding carboxylic acids is 1. The lowest BCUT2D eigenvalue weighted by Crippen LogP contribution is -2.35. The number of likely N-dealkylation sites (N-methyl/N-ethyl adjacent to an activating group) is 1. The summed E-state index contributed by atoms with van der Waals surface area (Å²) in [4.78, 5) is 18.1. The highest BCUT2D eigenvalue weighted by molar-refractivity contribution is 5.97. The van der Waals surface area contributed by atoms with Crippen LogP contribution in [0.5, 0.6) is 0 Å². The van der Waals surface area contributed by atoms with E-state index in [4.69, 9.17) is 4.42 Å². The van der Waals surface area contributed by atoms with E-state index in [1.165, 1.54) is 11.3 Å². The maximum Gasteiger partial charge on any atom is 0.276 e. The average Bonchev–Trinajstić information content (AvgIpc) is 3.25. The van der Waals surface area contributed by atoms with Gasteiger partial charge >= 0.3 is 0 Å². The number of aliphatic hydroxyl groups is 1. The maximum absolute atomic E-state index is 12.5. The summed E-state index contributed by atoms with van der Waals surface area (Å²) in [5.74, 6) is 0.575. The average molecular weight is 300 g/mol. The summed E-state index contributed by atoms with van der Waals surface area (Å²) in [6.07, 6.45) is 2.92. The molecule has 1 aromatic heterocycles. The normalized spacial score (nSPS) is 15.6. The highest BCUT2D eigenvalue weighted by atomic mass is 16.3. The van der Waals surface area contributed by atoms with Gasteiger partial charge in [-0.2, -0.15) is 0 Å². The van der Waals surface area contributed by atoms with Crippen LogP contribution in [-0.4, -0.2) is 40.6 Å². The zero-order valence-electron chi connectivity index (χ0n) is 12.8. The first-order valence-corrected chi connectivity index (χ1v) is 7.50. The molecule has 1 aromatic carbocycles. The van der Waals surface area contributed by atoms with E-state index >= 15 is 0 Å². The summed E-state index contributed by atoms with van der Waals surface area (Å²) in [5.41, 5.74) is 2.25. The Hall–Kier alpha value is -2.14. The van der Waals surface area contributed by atoms with Gasteiger partial charge in [0.25, 0.3) is 5.91 Å². The number of amides is 1. The van der Waals surface area contributed by atoms with Gasteiger partial charge in [-0.1, -0.05) is 29.8 Å². The quantitative estimate of drug-likeness (QED) is 0.921. The van der Waals surface area contributed by atoms with Crippen molar-refractivity contribution < 1.29 is 14.3 Å². The van der Waals surface area contributed by atoms with Crippen LogP contribution in [0.15, 0.2) is 35.1 Å². The number of benzene rings is 1. The minimum atomic E-state index is -0.455. The van der Waals surface area contributed by atoms with Crippen molar-refractivity contribution in [3.63, 3.8) is 0 Å². The largest absolute Gasteiger partial charge is 0.443 e. The second-order valence-electron chi connectivity index (χ2n) is 5.99. The molecule has 1 saturated carbocycles. The molecule has 1 heterocycles. The van der Waals surface area contributed by atoms with Gasteiger partial charge < -0.3 is 14.4 Å². The van der Waals surface area contributed by atoms with Gasteiger partial charge in [0.2, 0.25) is 0 Å². The molecule has 5 nitrogen and oxygen atoms in total. The van der Waals surface area contributed by atoms with Crippen molar-refractivity contribution in [3.05, 3.63) is 41.9 Å². The standard InChI is InChI=1S/C17H20N2O3/c1-11-3-5-13(6-4-11)16-15(18-10-22-16)17(21)19(2)9-14(20)12-7-8-12/h3-6,10,12,14,20H,7-9H2,1-2H3. The fourth-order valence-electron chi connectivity index (χ4n) is 2.48. The molecule has 1 aliphatic rings. The van der Waals surface area contributed by atoms with Gasteiger partial charge in [-0.3, -0.25) is 4.79 Å². The van der Waals surface area contributed by atoms with E-state index in [9.17, 15) is 9.90 Å². The lowest BCUT2D eigenvalue weighted by molar-refractivity contribution is 0.0641. The maximum atomic E-state index is 12.5. The SMILES string of the molecule is Cc1ccc(-c2ocnc2C(=O)N(C)CC(O)C2CC2)cc1. The Morgan fingerprint density at radius 2 is 2.09 bits per heavy atom. The van der Waals surface area contributed by atoms with Crippen molar-refractivity contribution in [1.82, 2.24) is 9.88 Å². The second-order valence-corrected chi connectivity index (χ2v) is 5.99. The topological polar surface area (TPSA) is 66.6 Å². The van der Waals surface area contributed by atoms with Gasteiger partial charge in [0.15, 0.2) is 17.8 Å². The summed E-state index contributed by atoms with van der Waals surface area (Å²) in [6.45, 7) is 2.33. The van der Waals surface area contributed by atoms with Crippen LogP contribution in [0.25, 0.3) is 11.3 Å². The monoisotopic (exact) mass is 300 g/mol. The highest BCUT2D eigenvalue weighted by Gasteiger charge is 2.32. The molecular weight excluding hydrogens is 280 g/mol. The van der Waals surface area contributed by atoms with Gasteiger partial charge in [0.05, 0.1) is 6.10 Å². The first-order valence-electron chi connectivity index (χ1n) is 7.50. The fraction of sp³-hybridized carbons (Fsp3) is 0.412. The highest BCUT2D eigenvalue weighted by Crippen LogP contribution is 2.33. The molecule has 1 fully saturated rings. The molecule has 1 N–H and O–H groups in total. The van der Waals surface area contributed by atoms with E-state index in [1.807, 2.05) is 31.2 Å². The van der Waals surface area contributed by atoms with E-state index in [0.29, 0.717) is 18.2 Å². The summed E-state index contributed by atoms with van der Waals surface area (Å²) < 4.78 is 5.41. The molecule has 0 bridgehead atoms. The summed E-state index contributed by atoms with van der Waals surface area (Å²) >= 11 is 0. The number of nitrogens with zero attached hydrogens (tertiary/aromatic N) is 2. The van der Waals surface area contributed by atoms with Crippen molar-refractivity contribution >= 4 is 5.91 Å². The number of rotatable bonds is 5. The fourth-order valence-corrected chi connectivity index (χ4v) is 2.48. The molecule has 0 saturated heterocycles. The molecule has 0 aliphatic heterocycles. The first-order chi connectivity index (χ1) is 10.6. The van der Waals surface area contributed by atoms with Crippen LogP contribution in [0.2, 0.25) is 0 Å². The van der Waals surface area contributed by atoms with Gasteiger partial charge in [-0.25, -0.2) is 4.98 Å². The van der Waals surface area contributed by atoms with Crippen LogP contribution < -0.4 is 0 Å². The Morgan fingerprint density at radius 3 is 2.73 bits per heavy atom. The van der Waals surface area contributed by atoms with Crippen LogP contribution >= 0.6 is 0 Å². The summed E-state index contributed by atoms with van der Waals surface area (Å²) in [5, 5.41) is 9.98. The van der Waals surface area contributed by atoms with Crippen LogP contribution in [0.4, 0.5) is 0 Å². The Balaban J connectivity index is 1.78. The predicted octanol–water partition coefficient (Wildman–Crippen LogP) is 2.49. The molecular formula is C17H20N2O3. The molecule has 1 amide bonds. The lowest BCUT2D eigenvalue weighted by atomic mass is 10.1. The number of oxazole rings is 1. The third-order valence-corrected chi connectivity index (χ3v) is 4.06. The zero-order valence-corrected chi connectivity index (χ0v) is 12.8. The van der Waals surface area contributed by atoms with Crippen molar-refractivity contribution in [2.24, 2.45) is 5.92 Å². The van der Waals surface area contributed by atoms with E-state index < -0.39 is 6.10 Å². The molecule has 0 radical (unpaired) electrons. The van der Waals surface area contributed by atoms with Crippen molar-refractivity contribution in [1.29, 1.82) is 0 Å². The Bertz CT molecular complexity index is 659. The van der Waals surface area contributed by atoms with Crippen LogP contribution in [0, 0.1) is 12.8 Å². The minimum absolute atomic E-state index is 0.232.